The van der Waals surface area contributed by atoms with Crippen LogP contribution in [-0.4, -0.2) is 60.5 Å². The molecule has 2 rings (SSSR count). The smallest absolute Gasteiger partial charge is 0.337 e. The maximum absolute atomic E-state index is 12.6. The van der Waals surface area contributed by atoms with Crippen LogP contribution in [0.4, 0.5) is 5.69 Å². The van der Waals surface area contributed by atoms with Crippen LogP contribution in [0, 0.1) is 0 Å². The fourth-order valence-corrected chi connectivity index (χ4v) is 3.97. The Morgan fingerprint density at radius 2 is 1.74 bits per heavy atom. The zero-order valence-corrected chi connectivity index (χ0v) is 18.6. The van der Waals surface area contributed by atoms with Crippen LogP contribution in [0.2, 0.25) is 0 Å². The van der Waals surface area contributed by atoms with E-state index in [1.807, 2.05) is 6.07 Å². The molecule has 0 fully saturated rings. The number of ether oxygens (including phenoxy) is 3. The molecule has 0 unspecified atom stereocenters. The first-order valence-corrected chi connectivity index (χ1v) is 11.1. The van der Waals surface area contributed by atoms with Crippen LogP contribution in [0.5, 0.6) is 11.5 Å². The number of sulfonamides is 1. The second-order valence-electron chi connectivity index (χ2n) is 6.62. The molecule has 0 saturated heterocycles. The van der Waals surface area contributed by atoms with Crippen LogP contribution in [0.1, 0.15) is 22.3 Å². The number of carboxylic acids is 1. The molecule has 3 N–H and O–H groups in total. The molecule has 10 heteroatoms. The van der Waals surface area contributed by atoms with Crippen LogP contribution >= 0.6 is 0 Å². The third kappa shape index (κ3) is 6.84. The SMILES string of the molecule is COCCCNc1ccc(S(=O)(=O)NCCc2ccc(OC)c(OC)c2)cc1C(=O)O. The molecule has 0 atom stereocenters. The van der Waals surface area contributed by atoms with Crippen molar-refractivity contribution in [1.29, 1.82) is 0 Å². The summed E-state index contributed by atoms with van der Waals surface area (Å²) in [6.45, 7) is 1.17. The first-order chi connectivity index (χ1) is 14.8. The fraction of sp³-hybridized carbons (Fsp3) is 0.381. The van der Waals surface area contributed by atoms with Crippen LogP contribution in [0.15, 0.2) is 41.3 Å². The molecule has 0 bridgehead atoms. The summed E-state index contributed by atoms with van der Waals surface area (Å²) < 4.78 is 43.2. The van der Waals surface area contributed by atoms with Gasteiger partial charge in [0, 0.05) is 32.5 Å². The molecule has 9 nitrogen and oxygen atoms in total. The third-order valence-corrected chi connectivity index (χ3v) is 5.98. The normalized spacial score (nSPS) is 11.2. The highest BCUT2D eigenvalue weighted by atomic mass is 32.2. The van der Waals surface area contributed by atoms with E-state index in [-0.39, 0.29) is 17.0 Å². The van der Waals surface area contributed by atoms with Crippen molar-refractivity contribution >= 4 is 21.7 Å². The summed E-state index contributed by atoms with van der Waals surface area (Å²) in [5.74, 6) is -0.0666. The fourth-order valence-electron chi connectivity index (χ4n) is 2.91. The van der Waals surface area contributed by atoms with Gasteiger partial charge < -0.3 is 24.6 Å². The number of rotatable bonds is 13. The van der Waals surface area contributed by atoms with Gasteiger partial charge in [-0.1, -0.05) is 6.07 Å². The van der Waals surface area contributed by atoms with Gasteiger partial charge in [-0.2, -0.15) is 0 Å². The molecule has 0 radical (unpaired) electrons. The quantitative estimate of drug-likeness (QED) is 0.396. The Kier molecular flexibility index (Phi) is 9.10. The first kappa shape index (κ1) is 24.4. The van der Waals surface area contributed by atoms with E-state index in [1.54, 1.807) is 19.2 Å². The van der Waals surface area contributed by atoms with E-state index in [0.717, 1.165) is 11.6 Å². The second kappa shape index (κ2) is 11.5. The Bertz CT molecular complexity index is 993. The molecule has 0 aliphatic rings. The Hall–Kier alpha value is -2.82. The maximum atomic E-state index is 12.6. The van der Waals surface area contributed by atoms with Gasteiger partial charge >= 0.3 is 5.97 Å². The van der Waals surface area contributed by atoms with Crippen molar-refractivity contribution in [1.82, 2.24) is 4.72 Å². The zero-order valence-electron chi connectivity index (χ0n) is 17.8. The van der Waals surface area contributed by atoms with Gasteiger partial charge in [0.25, 0.3) is 0 Å². The van der Waals surface area contributed by atoms with Crippen molar-refractivity contribution in [2.75, 3.05) is 46.3 Å². The van der Waals surface area contributed by atoms with E-state index in [1.165, 1.54) is 26.4 Å². The summed E-state index contributed by atoms with van der Waals surface area (Å²) >= 11 is 0. The summed E-state index contributed by atoms with van der Waals surface area (Å²) in [5.41, 5.74) is 1.11. The molecule has 2 aromatic rings. The van der Waals surface area contributed by atoms with Crippen molar-refractivity contribution < 1.29 is 32.5 Å². The summed E-state index contributed by atoms with van der Waals surface area (Å²) in [6, 6.07) is 9.34. The lowest BCUT2D eigenvalue weighted by atomic mass is 10.1. The van der Waals surface area contributed by atoms with Crippen LogP contribution in [0.25, 0.3) is 0 Å². The van der Waals surface area contributed by atoms with E-state index < -0.39 is 16.0 Å². The molecule has 2 aromatic carbocycles. The average molecular weight is 453 g/mol. The number of hydrogen-bond acceptors (Lipinski definition) is 7. The van der Waals surface area contributed by atoms with E-state index in [2.05, 4.69) is 10.0 Å². The van der Waals surface area contributed by atoms with Crippen LogP contribution in [-0.2, 0) is 21.2 Å². The molecule has 0 heterocycles. The number of carbonyl (C=O) groups is 1. The summed E-state index contributed by atoms with van der Waals surface area (Å²) in [6.07, 6.45) is 1.11. The standard InChI is InChI=1S/C21H28N2O7S/c1-28-12-4-10-22-18-7-6-16(14-17(18)21(24)25)31(26,27)23-11-9-15-5-8-19(29-2)20(13-15)30-3/h5-8,13-14,22-23H,4,9-12H2,1-3H3,(H,24,25). The Labute approximate surface area is 182 Å². The van der Waals surface area contributed by atoms with Crippen molar-refractivity contribution in [3.05, 3.63) is 47.5 Å². The predicted octanol–water partition coefficient (Wildman–Crippen LogP) is 2.37. The van der Waals surface area contributed by atoms with Crippen molar-refractivity contribution in [3.8, 4) is 11.5 Å². The molecule has 0 saturated carbocycles. The van der Waals surface area contributed by atoms with E-state index in [9.17, 15) is 18.3 Å². The van der Waals surface area contributed by atoms with Gasteiger partial charge in [0.2, 0.25) is 10.0 Å². The Morgan fingerprint density at radius 3 is 2.39 bits per heavy atom. The number of methoxy groups -OCH3 is 3. The average Bonchev–Trinajstić information content (AvgIpc) is 2.76. The van der Waals surface area contributed by atoms with Gasteiger partial charge in [0.15, 0.2) is 11.5 Å². The number of anilines is 1. The van der Waals surface area contributed by atoms with Gasteiger partial charge in [-0.3, -0.25) is 0 Å². The minimum Gasteiger partial charge on any atom is -0.493 e. The number of carboxylic acid groups (broad SMARTS) is 1. The summed E-state index contributed by atoms with van der Waals surface area (Å²) in [4.78, 5) is 11.5. The monoisotopic (exact) mass is 452 g/mol. The molecule has 0 aromatic heterocycles. The first-order valence-electron chi connectivity index (χ1n) is 9.63. The zero-order chi connectivity index (χ0) is 22.9. The molecule has 0 spiro atoms. The highest BCUT2D eigenvalue weighted by Crippen LogP contribution is 2.27. The Morgan fingerprint density at radius 1 is 1.00 bits per heavy atom. The topological polar surface area (TPSA) is 123 Å². The molecule has 0 aliphatic carbocycles. The van der Waals surface area contributed by atoms with Gasteiger partial charge in [0.1, 0.15) is 0 Å². The highest BCUT2D eigenvalue weighted by Gasteiger charge is 2.19. The van der Waals surface area contributed by atoms with Crippen molar-refractivity contribution in [3.63, 3.8) is 0 Å². The Balaban J connectivity index is 2.07. The molecular formula is C21H28N2O7S. The number of hydrogen-bond donors (Lipinski definition) is 3. The number of benzene rings is 2. The molecule has 0 aliphatic heterocycles. The highest BCUT2D eigenvalue weighted by molar-refractivity contribution is 7.89. The van der Waals surface area contributed by atoms with E-state index >= 15 is 0 Å². The minimum atomic E-state index is -3.88. The third-order valence-electron chi connectivity index (χ3n) is 4.53. The van der Waals surface area contributed by atoms with E-state index in [4.69, 9.17) is 14.2 Å². The molecular weight excluding hydrogens is 424 g/mol. The van der Waals surface area contributed by atoms with E-state index in [0.29, 0.717) is 43.2 Å². The largest absolute Gasteiger partial charge is 0.493 e. The predicted molar refractivity (Wildman–Crippen MR) is 117 cm³/mol. The van der Waals surface area contributed by atoms with Crippen molar-refractivity contribution in [2.24, 2.45) is 0 Å². The van der Waals surface area contributed by atoms with Crippen molar-refractivity contribution in [2.45, 2.75) is 17.7 Å². The summed E-state index contributed by atoms with van der Waals surface area (Å²) in [7, 11) is 0.773. The maximum Gasteiger partial charge on any atom is 0.337 e. The van der Waals surface area contributed by atoms with Crippen LogP contribution < -0.4 is 19.5 Å². The lowest BCUT2D eigenvalue weighted by Gasteiger charge is -2.13. The van der Waals surface area contributed by atoms with Gasteiger partial charge in [0.05, 0.1) is 24.7 Å². The molecule has 170 valence electrons. The molecule has 0 amide bonds. The lowest BCUT2D eigenvalue weighted by molar-refractivity contribution is 0.0697. The van der Waals surface area contributed by atoms with Crippen LogP contribution in [0.3, 0.4) is 0 Å². The van der Waals surface area contributed by atoms with Gasteiger partial charge in [-0.25, -0.2) is 17.9 Å². The van der Waals surface area contributed by atoms with Gasteiger partial charge in [-0.05, 0) is 48.7 Å². The second-order valence-corrected chi connectivity index (χ2v) is 8.39. The minimum absolute atomic E-state index is 0.111. The summed E-state index contributed by atoms with van der Waals surface area (Å²) in [5, 5.41) is 12.5. The number of aromatic carboxylic acids is 1. The molecule has 31 heavy (non-hydrogen) atoms. The number of nitrogens with one attached hydrogen (secondary N) is 2. The lowest BCUT2D eigenvalue weighted by Crippen LogP contribution is -2.26. The van der Waals surface area contributed by atoms with Gasteiger partial charge in [-0.15, -0.1) is 0 Å².